The Kier molecular flexibility index (Phi) is 3.78. The summed E-state index contributed by atoms with van der Waals surface area (Å²) in [6.07, 6.45) is 4.09. The lowest BCUT2D eigenvalue weighted by Crippen LogP contribution is -2.48. The van der Waals surface area contributed by atoms with E-state index in [0.717, 1.165) is 25.7 Å². The standard InChI is InChI=1S/C13H22N2O3/c1-3-4-9-7-10(9)14-13(18)15-6-5-8(2)11(15)12(16)17/h8-11H,3-7H2,1-2H3,(H,14,18)(H,16,17). The lowest BCUT2D eigenvalue weighted by atomic mass is 10.0. The van der Waals surface area contributed by atoms with Gasteiger partial charge in [-0.1, -0.05) is 20.3 Å². The Bertz CT molecular complexity index is 345. The van der Waals surface area contributed by atoms with Crippen LogP contribution in [0, 0.1) is 11.8 Å². The summed E-state index contributed by atoms with van der Waals surface area (Å²) < 4.78 is 0. The van der Waals surface area contributed by atoms with Gasteiger partial charge in [0.15, 0.2) is 0 Å². The molecular formula is C13H22N2O3. The number of urea groups is 1. The van der Waals surface area contributed by atoms with E-state index >= 15 is 0 Å². The van der Waals surface area contributed by atoms with Crippen molar-refractivity contribution in [2.24, 2.45) is 11.8 Å². The molecule has 0 radical (unpaired) electrons. The van der Waals surface area contributed by atoms with Gasteiger partial charge in [-0.3, -0.25) is 0 Å². The van der Waals surface area contributed by atoms with Gasteiger partial charge in [0.1, 0.15) is 6.04 Å². The van der Waals surface area contributed by atoms with Gasteiger partial charge in [-0.15, -0.1) is 0 Å². The molecule has 4 unspecified atom stereocenters. The number of aliphatic carboxylic acids is 1. The van der Waals surface area contributed by atoms with E-state index in [1.807, 2.05) is 6.92 Å². The highest BCUT2D eigenvalue weighted by Gasteiger charge is 2.43. The maximum absolute atomic E-state index is 12.1. The summed E-state index contributed by atoms with van der Waals surface area (Å²) in [6, 6.07) is -0.591. The Balaban J connectivity index is 1.87. The van der Waals surface area contributed by atoms with Gasteiger partial charge in [-0.05, 0) is 31.1 Å². The molecule has 4 atom stereocenters. The first kappa shape index (κ1) is 13.2. The minimum absolute atomic E-state index is 0.0406. The molecule has 1 aliphatic carbocycles. The van der Waals surface area contributed by atoms with Crippen LogP contribution >= 0.6 is 0 Å². The van der Waals surface area contributed by atoms with E-state index in [4.69, 9.17) is 5.11 Å². The normalized spacial score (nSPS) is 34.4. The van der Waals surface area contributed by atoms with E-state index in [2.05, 4.69) is 12.2 Å². The van der Waals surface area contributed by atoms with Crippen LogP contribution < -0.4 is 5.32 Å². The molecule has 1 aliphatic heterocycles. The molecule has 0 spiro atoms. The van der Waals surface area contributed by atoms with E-state index in [9.17, 15) is 9.59 Å². The van der Waals surface area contributed by atoms with Crippen LogP contribution in [-0.4, -0.2) is 40.6 Å². The van der Waals surface area contributed by atoms with Gasteiger partial charge < -0.3 is 15.3 Å². The van der Waals surface area contributed by atoms with Gasteiger partial charge in [0.05, 0.1) is 0 Å². The van der Waals surface area contributed by atoms with Crippen LogP contribution in [0.5, 0.6) is 0 Å². The summed E-state index contributed by atoms with van der Waals surface area (Å²) >= 11 is 0. The fraction of sp³-hybridized carbons (Fsp3) is 0.846. The summed E-state index contributed by atoms with van der Waals surface area (Å²) in [5, 5.41) is 12.1. The summed E-state index contributed by atoms with van der Waals surface area (Å²) in [4.78, 5) is 24.7. The fourth-order valence-corrected chi connectivity index (χ4v) is 2.91. The largest absolute Gasteiger partial charge is 0.480 e. The molecule has 0 bridgehead atoms. The lowest BCUT2D eigenvalue weighted by Gasteiger charge is -2.23. The van der Waals surface area contributed by atoms with Crippen LogP contribution in [0.3, 0.4) is 0 Å². The summed E-state index contributed by atoms with van der Waals surface area (Å²) in [5.74, 6) is -0.253. The maximum atomic E-state index is 12.1. The smallest absolute Gasteiger partial charge is 0.326 e. The SMILES string of the molecule is CCCC1CC1NC(=O)N1CCC(C)C1C(=O)O. The summed E-state index contributed by atoms with van der Waals surface area (Å²) in [6.45, 7) is 4.58. The van der Waals surface area contributed by atoms with Crippen molar-refractivity contribution >= 4 is 12.0 Å². The highest BCUT2D eigenvalue weighted by Crippen LogP contribution is 2.35. The zero-order valence-electron chi connectivity index (χ0n) is 11.1. The number of hydrogen-bond donors (Lipinski definition) is 2. The topological polar surface area (TPSA) is 69.6 Å². The number of amides is 2. The molecule has 5 heteroatoms. The van der Waals surface area contributed by atoms with E-state index in [0.29, 0.717) is 12.5 Å². The minimum Gasteiger partial charge on any atom is -0.480 e. The van der Waals surface area contributed by atoms with Gasteiger partial charge in [0.2, 0.25) is 0 Å². The van der Waals surface area contributed by atoms with E-state index in [1.54, 1.807) is 0 Å². The number of nitrogens with one attached hydrogen (secondary N) is 1. The molecule has 0 aromatic heterocycles. The average molecular weight is 254 g/mol. The van der Waals surface area contributed by atoms with Gasteiger partial charge in [-0.25, -0.2) is 9.59 Å². The zero-order chi connectivity index (χ0) is 13.3. The molecule has 18 heavy (non-hydrogen) atoms. The van der Waals surface area contributed by atoms with Gasteiger partial charge in [-0.2, -0.15) is 0 Å². The molecule has 0 aromatic rings. The number of carbonyl (C=O) groups excluding carboxylic acids is 1. The molecule has 5 nitrogen and oxygen atoms in total. The fourth-order valence-electron chi connectivity index (χ4n) is 2.91. The molecule has 2 rings (SSSR count). The lowest BCUT2D eigenvalue weighted by molar-refractivity contribution is -0.142. The van der Waals surface area contributed by atoms with Crippen LogP contribution in [0.25, 0.3) is 0 Å². The Morgan fingerprint density at radius 3 is 2.78 bits per heavy atom. The third kappa shape index (κ3) is 2.60. The van der Waals surface area contributed by atoms with Crippen LogP contribution in [0.2, 0.25) is 0 Å². The molecule has 102 valence electrons. The Hall–Kier alpha value is -1.26. The maximum Gasteiger partial charge on any atom is 0.326 e. The second kappa shape index (κ2) is 5.16. The number of carboxylic acids is 1. The first-order valence-electron chi connectivity index (χ1n) is 6.84. The molecule has 1 heterocycles. The third-order valence-corrected chi connectivity index (χ3v) is 4.10. The molecule has 1 saturated carbocycles. The molecular weight excluding hydrogens is 232 g/mol. The van der Waals surface area contributed by atoms with E-state index in [1.165, 1.54) is 4.90 Å². The number of likely N-dealkylation sites (tertiary alicyclic amines) is 1. The molecule has 1 saturated heterocycles. The average Bonchev–Trinajstić information content (AvgIpc) is 2.88. The monoisotopic (exact) mass is 254 g/mol. The number of carboxylic acid groups (broad SMARTS) is 1. The van der Waals surface area contributed by atoms with Crippen molar-refractivity contribution in [2.45, 2.75) is 51.6 Å². The quantitative estimate of drug-likeness (QED) is 0.802. The van der Waals surface area contributed by atoms with Crippen LogP contribution in [0.1, 0.15) is 39.5 Å². The Morgan fingerprint density at radius 1 is 1.44 bits per heavy atom. The van der Waals surface area contributed by atoms with Crippen molar-refractivity contribution in [1.82, 2.24) is 10.2 Å². The highest BCUT2D eigenvalue weighted by atomic mass is 16.4. The highest BCUT2D eigenvalue weighted by molar-refractivity contribution is 5.83. The van der Waals surface area contributed by atoms with Crippen LogP contribution in [0.15, 0.2) is 0 Å². The van der Waals surface area contributed by atoms with Gasteiger partial charge in [0.25, 0.3) is 0 Å². The number of carbonyl (C=O) groups is 2. The number of hydrogen-bond acceptors (Lipinski definition) is 2. The molecule has 0 aromatic carbocycles. The first-order chi connectivity index (χ1) is 8.54. The van der Waals surface area contributed by atoms with E-state index in [-0.39, 0.29) is 18.0 Å². The van der Waals surface area contributed by atoms with Gasteiger partial charge in [0, 0.05) is 12.6 Å². The second-order valence-electron chi connectivity index (χ2n) is 5.58. The van der Waals surface area contributed by atoms with E-state index < -0.39 is 12.0 Å². The van der Waals surface area contributed by atoms with Crippen molar-refractivity contribution in [3.05, 3.63) is 0 Å². The molecule has 2 fully saturated rings. The van der Waals surface area contributed by atoms with Crippen molar-refractivity contribution in [3.8, 4) is 0 Å². The summed E-state index contributed by atoms with van der Waals surface area (Å²) in [7, 11) is 0. The summed E-state index contributed by atoms with van der Waals surface area (Å²) in [5.41, 5.74) is 0. The van der Waals surface area contributed by atoms with Crippen molar-refractivity contribution in [3.63, 3.8) is 0 Å². The molecule has 2 aliphatic rings. The molecule has 2 N–H and O–H groups in total. The van der Waals surface area contributed by atoms with Crippen molar-refractivity contribution < 1.29 is 14.7 Å². The zero-order valence-corrected chi connectivity index (χ0v) is 11.1. The Labute approximate surface area is 108 Å². The predicted molar refractivity (Wildman–Crippen MR) is 67.2 cm³/mol. The predicted octanol–water partition coefficient (Wildman–Crippen LogP) is 1.68. The third-order valence-electron chi connectivity index (χ3n) is 4.10. The van der Waals surface area contributed by atoms with Crippen LogP contribution in [0.4, 0.5) is 4.79 Å². The second-order valence-corrected chi connectivity index (χ2v) is 5.58. The number of nitrogens with zero attached hydrogens (tertiary/aromatic N) is 1. The van der Waals surface area contributed by atoms with Gasteiger partial charge >= 0.3 is 12.0 Å². The van der Waals surface area contributed by atoms with Crippen molar-refractivity contribution in [2.75, 3.05) is 6.54 Å². The Morgan fingerprint density at radius 2 is 2.17 bits per heavy atom. The molecule has 2 amide bonds. The number of rotatable bonds is 4. The first-order valence-corrected chi connectivity index (χ1v) is 6.84. The minimum atomic E-state index is -0.893. The van der Waals surface area contributed by atoms with Crippen molar-refractivity contribution in [1.29, 1.82) is 0 Å². The van der Waals surface area contributed by atoms with Crippen LogP contribution in [-0.2, 0) is 4.79 Å².